The van der Waals surface area contributed by atoms with Gasteiger partial charge in [-0.2, -0.15) is 0 Å². The minimum atomic E-state index is -0.983. The first-order valence-electron chi connectivity index (χ1n) is 7.24. The van der Waals surface area contributed by atoms with Gasteiger partial charge in [-0.25, -0.2) is 13.6 Å². The van der Waals surface area contributed by atoms with E-state index in [0.29, 0.717) is 5.56 Å². The molecule has 7 heteroatoms. The van der Waals surface area contributed by atoms with Crippen LogP contribution in [0.1, 0.15) is 30.1 Å². The Morgan fingerprint density at radius 3 is 2.33 bits per heavy atom. The summed E-state index contributed by atoms with van der Waals surface area (Å²) in [6.07, 6.45) is 0. The fourth-order valence-corrected chi connectivity index (χ4v) is 2.35. The van der Waals surface area contributed by atoms with E-state index in [4.69, 9.17) is 5.73 Å². The molecule has 0 radical (unpaired) electrons. The van der Waals surface area contributed by atoms with Crippen LogP contribution in [-0.4, -0.2) is 11.9 Å². The lowest BCUT2D eigenvalue weighted by Crippen LogP contribution is -2.43. The number of carbonyl (C=O) groups excluding carboxylic acids is 2. The highest BCUT2D eigenvalue weighted by Gasteiger charge is 2.24. The average Bonchev–Trinajstić information content (AvgIpc) is 2.52. The zero-order valence-electron chi connectivity index (χ0n) is 12.9. The minimum absolute atomic E-state index is 0.198. The van der Waals surface area contributed by atoms with E-state index in [-0.39, 0.29) is 5.56 Å². The van der Waals surface area contributed by atoms with Gasteiger partial charge >= 0.3 is 6.03 Å². The predicted molar refractivity (Wildman–Crippen MR) is 84.8 cm³/mol. The summed E-state index contributed by atoms with van der Waals surface area (Å²) in [5.74, 6) is -2.07. The Bertz CT molecular complexity index is 738. The van der Waals surface area contributed by atoms with Gasteiger partial charge in [0.2, 0.25) is 5.91 Å². The van der Waals surface area contributed by atoms with E-state index in [1.54, 1.807) is 37.3 Å². The van der Waals surface area contributed by atoms with Gasteiger partial charge in [-0.3, -0.25) is 15.4 Å². The first-order valence-corrected chi connectivity index (χ1v) is 7.24. The van der Waals surface area contributed by atoms with Gasteiger partial charge in [-0.1, -0.05) is 36.4 Å². The van der Waals surface area contributed by atoms with Crippen LogP contribution in [0.4, 0.5) is 13.6 Å². The average molecular weight is 333 g/mol. The van der Waals surface area contributed by atoms with E-state index in [9.17, 15) is 18.4 Å². The summed E-state index contributed by atoms with van der Waals surface area (Å²) in [6.45, 7) is 1.63. The summed E-state index contributed by atoms with van der Waals surface area (Å²) in [6, 6.07) is 9.28. The Hall–Kier alpha value is -2.80. The Balaban J connectivity index is 2.27. The summed E-state index contributed by atoms with van der Waals surface area (Å²) in [7, 11) is 0. The molecule has 5 nitrogen and oxygen atoms in total. The van der Waals surface area contributed by atoms with Crippen molar-refractivity contribution in [1.82, 2.24) is 10.6 Å². The highest BCUT2D eigenvalue weighted by atomic mass is 19.1. The number of hydrogen-bond donors (Lipinski definition) is 3. The predicted octanol–water partition coefficient (Wildman–Crippen LogP) is 2.55. The van der Waals surface area contributed by atoms with E-state index >= 15 is 0 Å². The lowest BCUT2D eigenvalue weighted by Gasteiger charge is -2.23. The molecule has 0 saturated carbocycles. The molecule has 0 unspecified atom stereocenters. The highest BCUT2D eigenvalue weighted by Crippen LogP contribution is 2.22. The number of amides is 3. The van der Waals surface area contributed by atoms with Crippen LogP contribution in [-0.2, 0) is 4.79 Å². The molecule has 0 saturated heterocycles. The Kier molecular flexibility index (Phi) is 5.59. The topological polar surface area (TPSA) is 84.2 Å². The fourth-order valence-electron chi connectivity index (χ4n) is 2.35. The van der Waals surface area contributed by atoms with E-state index < -0.39 is 35.7 Å². The fraction of sp³-hybridized carbons (Fsp3) is 0.176. The highest BCUT2D eigenvalue weighted by molar-refractivity contribution is 5.96. The molecular formula is C17H17F2N3O2. The van der Waals surface area contributed by atoms with Crippen LogP contribution in [0.25, 0.3) is 0 Å². The number of halogens is 2. The molecular weight excluding hydrogens is 316 g/mol. The van der Waals surface area contributed by atoms with Gasteiger partial charge in [-0.05, 0) is 18.6 Å². The summed E-state index contributed by atoms with van der Waals surface area (Å²) in [5.41, 5.74) is 5.76. The third kappa shape index (κ3) is 4.36. The number of urea groups is 1. The number of nitrogens with two attached hydrogens (primary N) is 1. The second-order valence-corrected chi connectivity index (χ2v) is 5.25. The van der Waals surface area contributed by atoms with Crippen molar-refractivity contribution in [3.63, 3.8) is 0 Å². The molecule has 0 fully saturated rings. The van der Waals surface area contributed by atoms with E-state index in [1.165, 1.54) is 6.07 Å². The van der Waals surface area contributed by atoms with Crippen LogP contribution >= 0.6 is 0 Å². The van der Waals surface area contributed by atoms with Crippen molar-refractivity contribution in [3.8, 4) is 0 Å². The van der Waals surface area contributed by atoms with Crippen molar-refractivity contribution in [3.05, 3.63) is 71.3 Å². The van der Waals surface area contributed by atoms with E-state index in [2.05, 4.69) is 5.32 Å². The largest absolute Gasteiger partial charge is 0.351 e. The van der Waals surface area contributed by atoms with E-state index in [0.717, 1.165) is 12.1 Å². The SMILES string of the molecule is C[C@@H](N[C@H](C(=O)NC(N)=O)c1ccccc1)c1ccc(F)cc1F. The molecule has 0 spiro atoms. The summed E-state index contributed by atoms with van der Waals surface area (Å²) < 4.78 is 26.9. The molecule has 0 heterocycles. The van der Waals surface area contributed by atoms with Gasteiger partial charge in [0.05, 0.1) is 0 Å². The Labute approximate surface area is 137 Å². The van der Waals surface area contributed by atoms with Crippen LogP contribution in [0.15, 0.2) is 48.5 Å². The first-order chi connectivity index (χ1) is 11.4. The molecule has 0 aromatic heterocycles. The maximum Gasteiger partial charge on any atom is 0.318 e. The number of carbonyl (C=O) groups is 2. The van der Waals surface area contributed by atoms with E-state index in [1.807, 2.05) is 5.32 Å². The van der Waals surface area contributed by atoms with Gasteiger partial charge in [0.15, 0.2) is 0 Å². The van der Waals surface area contributed by atoms with Crippen molar-refractivity contribution in [2.24, 2.45) is 5.73 Å². The first kappa shape index (κ1) is 17.6. The minimum Gasteiger partial charge on any atom is -0.351 e. The number of primary amides is 1. The second-order valence-electron chi connectivity index (χ2n) is 5.25. The molecule has 24 heavy (non-hydrogen) atoms. The molecule has 2 aromatic rings. The zero-order chi connectivity index (χ0) is 17.7. The van der Waals surface area contributed by atoms with Crippen molar-refractivity contribution >= 4 is 11.9 Å². The smallest absolute Gasteiger partial charge is 0.318 e. The quantitative estimate of drug-likeness (QED) is 0.786. The number of imide groups is 1. The number of hydrogen-bond acceptors (Lipinski definition) is 3. The molecule has 4 N–H and O–H groups in total. The van der Waals surface area contributed by atoms with Gasteiger partial charge in [0.1, 0.15) is 17.7 Å². The number of benzene rings is 2. The van der Waals surface area contributed by atoms with Crippen molar-refractivity contribution in [2.75, 3.05) is 0 Å². The van der Waals surface area contributed by atoms with Crippen molar-refractivity contribution < 1.29 is 18.4 Å². The standard InChI is InChI=1S/C17H17F2N3O2/c1-10(13-8-7-12(18)9-14(13)19)21-15(16(23)22-17(20)24)11-5-3-2-4-6-11/h2-10,15,21H,1H3,(H3,20,22,23,24)/t10-,15+/m1/s1. The lowest BCUT2D eigenvalue weighted by molar-refractivity contribution is -0.122. The van der Waals surface area contributed by atoms with Crippen molar-refractivity contribution in [1.29, 1.82) is 0 Å². The van der Waals surface area contributed by atoms with Gasteiger partial charge < -0.3 is 5.73 Å². The lowest BCUT2D eigenvalue weighted by atomic mass is 10.0. The molecule has 0 aliphatic heterocycles. The summed E-state index contributed by atoms with van der Waals surface area (Å²) in [5, 5.41) is 4.94. The molecule has 2 atom stereocenters. The molecule has 0 aliphatic carbocycles. The number of nitrogens with one attached hydrogen (secondary N) is 2. The summed E-state index contributed by atoms with van der Waals surface area (Å²) in [4.78, 5) is 23.2. The number of rotatable bonds is 5. The van der Waals surface area contributed by atoms with Gasteiger partial charge in [0.25, 0.3) is 0 Å². The molecule has 2 rings (SSSR count). The van der Waals surface area contributed by atoms with Crippen LogP contribution in [0.2, 0.25) is 0 Å². The third-order valence-electron chi connectivity index (χ3n) is 3.49. The maximum atomic E-state index is 13.9. The van der Waals surface area contributed by atoms with Crippen LogP contribution in [0.5, 0.6) is 0 Å². The monoisotopic (exact) mass is 333 g/mol. The van der Waals surface area contributed by atoms with Crippen molar-refractivity contribution in [2.45, 2.75) is 19.0 Å². The molecule has 126 valence electrons. The summed E-state index contributed by atoms with van der Waals surface area (Å²) >= 11 is 0. The normalized spacial score (nSPS) is 13.1. The van der Waals surface area contributed by atoms with Crippen LogP contribution in [0.3, 0.4) is 0 Å². The maximum absolute atomic E-state index is 13.9. The van der Waals surface area contributed by atoms with Gasteiger partial charge in [0, 0.05) is 17.7 Å². The third-order valence-corrected chi connectivity index (χ3v) is 3.49. The van der Waals surface area contributed by atoms with Crippen LogP contribution in [0, 0.1) is 11.6 Å². The second kappa shape index (κ2) is 7.65. The molecule has 3 amide bonds. The zero-order valence-corrected chi connectivity index (χ0v) is 12.9. The Morgan fingerprint density at radius 1 is 1.08 bits per heavy atom. The molecule has 0 bridgehead atoms. The van der Waals surface area contributed by atoms with Crippen LogP contribution < -0.4 is 16.4 Å². The molecule has 0 aliphatic rings. The molecule has 2 aromatic carbocycles. The Morgan fingerprint density at radius 2 is 1.75 bits per heavy atom. The van der Waals surface area contributed by atoms with Gasteiger partial charge in [-0.15, -0.1) is 0 Å².